The molecule has 66 valence electrons. The Morgan fingerprint density at radius 1 is 1.75 bits per heavy atom. The number of ketones is 1. The van der Waals surface area contributed by atoms with Crippen molar-refractivity contribution in [1.82, 2.24) is 4.57 Å². The van der Waals surface area contributed by atoms with Crippen molar-refractivity contribution in [3.8, 4) is 0 Å². The Labute approximate surface area is 74.6 Å². The van der Waals surface area contributed by atoms with E-state index in [1.807, 2.05) is 0 Å². The molecule has 1 heterocycles. The topological polar surface area (TPSA) is 39.1 Å². The summed E-state index contributed by atoms with van der Waals surface area (Å²) in [5, 5.41) is 1.70. The van der Waals surface area contributed by atoms with Gasteiger partial charge in [-0.15, -0.1) is 0 Å². The Morgan fingerprint density at radius 3 is 2.83 bits per heavy atom. The zero-order valence-corrected chi connectivity index (χ0v) is 7.93. The van der Waals surface area contributed by atoms with Crippen molar-refractivity contribution in [3.63, 3.8) is 0 Å². The first-order chi connectivity index (χ1) is 5.66. The summed E-state index contributed by atoms with van der Waals surface area (Å²) in [5.74, 6) is 0.0931. The van der Waals surface area contributed by atoms with E-state index in [-0.39, 0.29) is 16.7 Å². The molecular weight excluding hydrogens is 174 g/mol. The fraction of sp³-hybridized carbons (Fsp3) is 0.500. The highest BCUT2D eigenvalue weighted by Crippen LogP contribution is 2.06. The molecule has 1 aromatic heterocycles. The van der Waals surface area contributed by atoms with E-state index < -0.39 is 0 Å². The molecule has 0 amide bonds. The molecule has 0 aliphatic carbocycles. The van der Waals surface area contributed by atoms with Gasteiger partial charge in [0.25, 0.3) is 0 Å². The molecule has 0 fully saturated rings. The number of hydrogen-bond acceptors (Lipinski definition) is 3. The van der Waals surface area contributed by atoms with Crippen LogP contribution < -0.4 is 4.87 Å². The minimum Gasteiger partial charge on any atom is -0.297 e. The molecule has 1 aromatic rings. The Balaban J connectivity index is 2.92. The van der Waals surface area contributed by atoms with E-state index in [2.05, 4.69) is 0 Å². The average Bonchev–Trinajstić information content (AvgIpc) is 2.48. The van der Waals surface area contributed by atoms with E-state index in [9.17, 15) is 9.59 Å². The predicted molar refractivity (Wildman–Crippen MR) is 48.6 cm³/mol. The second-order valence-corrected chi connectivity index (χ2v) is 3.43. The maximum absolute atomic E-state index is 11.2. The number of hydrogen-bond donors (Lipinski definition) is 0. The fourth-order valence-electron chi connectivity index (χ4n) is 1.01. The van der Waals surface area contributed by atoms with Crippen LogP contribution >= 0.6 is 11.3 Å². The summed E-state index contributed by atoms with van der Waals surface area (Å²) in [6.45, 7) is 3.55. The summed E-state index contributed by atoms with van der Waals surface area (Å²) in [6, 6.07) is -0.311. The van der Waals surface area contributed by atoms with Crippen molar-refractivity contribution in [2.75, 3.05) is 0 Å². The molecule has 0 aliphatic heterocycles. The van der Waals surface area contributed by atoms with Crippen molar-refractivity contribution in [2.24, 2.45) is 0 Å². The Hall–Kier alpha value is -0.900. The van der Waals surface area contributed by atoms with Gasteiger partial charge in [-0.05, 0) is 6.92 Å². The third-order valence-electron chi connectivity index (χ3n) is 1.83. The first kappa shape index (κ1) is 9.19. The molecule has 0 spiro atoms. The number of aromatic nitrogens is 1. The highest BCUT2D eigenvalue weighted by atomic mass is 32.1. The molecule has 1 atom stereocenters. The van der Waals surface area contributed by atoms with Gasteiger partial charge in [0, 0.05) is 18.0 Å². The third kappa shape index (κ3) is 1.64. The lowest BCUT2D eigenvalue weighted by atomic mass is 10.2. The lowest BCUT2D eigenvalue weighted by Gasteiger charge is -2.08. The Morgan fingerprint density at radius 2 is 2.42 bits per heavy atom. The molecule has 1 unspecified atom stereocenters. The van der Waals surface area contributed by atoms with E-state index in [0.29, 0.717) is 6.42 Å². The largest absolute Gasteiger partial charge is 0.307 e. The van der Waals surface area contributed by atoms with Gasteiger partial charge < -0.3 is 0 Å². The SMILES string of the molecule is CCC(=O)C(C)n1ccsc1=O. The van der Waals surface area contributed by atoms with Crippen LogP contribution in [0.15, 0.2) is 16.4 Å². The summed E-state index contributed by atoms with van der Waals surface area (Å²) < 4.78 is 1.47. The van der Waals surface area contributed by atoms with Crippen LogP contribution in [0, 0.1) is 0 Å². The van der Waals surface area contributed by atoms with Crippen LogP contribution in [0.2, 0.25) is 0 Å². The van der Waals surface area contributed by atoms with E-state index in [1.54, 1.807) is 25.4 Å². The van der Waals surface area contributed by atoms with Gasteiger partial charge in [-0.25, -0.2) is 0 Å². The number of nitrogens with zero attached hydrogens (tertiary/aromatic N) is 1. The molecule has 0 radical (unpaired) electrons. The summed E-state index contributed by atoms with van der Waals surface area (Å²) in [7, 11) is 0. The molecule has 0 aromatic carbocycles. The predicted octanol–water partition coefficient (Wildman–Crippen LogP) is 1.45. The van der Waals surface area contributed by atoms with Gasteiger partial charge in [-0.3, -0.25) is 14.2 Å². The van der Waals surface area contributed by atoms with Gasteiger partial charge in [0.15, 0.2) is 5.78 Å². The van der Waals surface area contributed by atoms with Crippen LogP contribution in [0.4, 0.5) is 0 Å². The molecule has 0 saturated heterocycles. The first-order valence-electron chi connectivity index (χ1n) is 3.85. The highest BCUT2D eigenvalue weighted by molar-refractivity contribution is 7.07. The van der Waals surface area contributed by atoms with E-state index in [1.165, 1.54) is 4.57 Å². The lowest BCUT2D eigenvalue weighted by Crippen LogP contribution is -2.22. The molecule has 0 aliphatic rings. The van der Waals surface area contributed by atoms with Crippen LogP contribution in [0.5, 0.6) is 0 Å². The molecule has 4 heteroatoms. The average molecular weight is 185 g/mol. The number of thiazole rings is 1. The van der Waals surface area contributed by atoms with Crippen molar-refractivity contribution in [2.45, 2.75) is 26.3 Å². The molecular formula is C8H11NO2S. The van der Waals surface area contributed by atoms with Gasteiger partial charge >= 0.3 is 4.87 Å². The van der Waals surface area contributed by atoms with E-state index in [4.69, 9.17) is 0 Å². The standard InChI is InChI=1S/C8H11NO2S/c1-3-7(10)6(2)9-4-5-12-8(9)11/h4-6H,3H2,1-2H3. The number of Topliss-reactive ketones (excluding diaryl/α,β-unsaturated/α-hetero) is 1. The lowest BCUT2D eigenvalue weighted by molar-refractivity contribution is -0.121. The van der Waals surface area contributed by atoms with Gasteiger partial charge in [0.2, 0.25) is 0 Å². The van der Waals surface area contributed by atoms with Crippen LogP contribution in [0.25, 0.3) is 0 Å². The molecule has 0 saturated carbocycles. The van der Waals surface area contributed by atoms with Crippen LogP contribution in [-0.4, -0.2) is 10.4 Å². The summed E-state index contributed by atoms with van der Waals surface area (Å²) in [5.41, 5.74) is 0. The Kier molecular flexibility index (Phi) is 2.81. The number of rotatable bonds is 3. The first-order valence-corrected chi connectivity index (χ1v) is 4.73. The minimum atomic E-state index is -0.311. The van der Waals surface area contributed by atoms with Crippen molar-refractivity contribution < 1.29 is 4.79 Å². The molecule has 1 rings (SSSR count). The Bertz CT molecular complexity index is 326. The van der Waals surface area contributed by atoms with Gasteiger partial charge in [-0.1, -0.05) is 18.3 Å². The normalized spacial score (nSPS) is 12.8. The van der Waals surface area contributed by atoms with Crippen molar-refractivity contribution in [1.29, 1.82) is 0 Å². The number of carbonyl (C=O) groups is 1. The highest BCUT2D eigenvalue weighted by Gasteiger charge is 2.13. The van der Waals surface area contributed by atoms with Crippen molar-refractivity contribution in [3.05, 3.63) is 21.2 Å². The maximum Gasteiger partial charge on any atom is 0.307 e. The molecule has 12 heavy (non-hydrogen) atoms. The monoisotopic (exact) mass is 185 g/mol. The van der Waals surface area contributed by atoms with E-state index in [0.717, 1.165) is 11.3 Å². The summed E-state index contributed by atoms with van der Waals surface area (Å²) >= 11 is 1.12. The minimum absolute atomic E-state index is 0.0655. The quantitative estimate of drug-likeness (QED) is 0.715. The maximum atomic E-state index is 11.2. The molecule has 0 bridgehead atoms. The second kappa shape index (κ2) is 3.67. The van der Waals surface area contributed by atoms with Gasteiger partial charge in [0.05, 0.1) is 6.04 Å². The zero-order valence-electron chi connectivity index (χ0n) is 7.11. The van der Waals surface area contributed by atoms with Gasteiger partial charge in [-0.2, -0.15) is 0 Å². The van der Waals surface area contributed by atoms with E-state index >= 15 is 0 Å². The molecule has 0 N–H and O–H groups in total. The zero-order chi connectivity index (χ0) is 9.14. The smallest absolute Gasteiger partial charge is 0.297 e. The van der Waals surface area contributed by atoms with Crippen LogP contribution in [0.3, 0.4) is 0 Å². The van der Waals surface area contributed by atoms with Crippen LogP contribution in [0.1, 0.15) is 26.3 Å². The van der Waals surface area contributed by atoms with Crippen molar-refractivity contribution >= 4 is 17.1 Å². The van der Waals surface area contributed by atoms with Gasteiger partial charge in [0.1, 0.15) is 0 Å². The molecule has 3 nitrogen and oxygen atoms in total. The second-order valence-electron chi connectivity index (χ2n) is 2.57. The number of carbonyl (C=O) groups excluding carboxylic acids is 1. The third-order valence-corrected chi connectivity index (χ3v) is 2.50. The summed E-state index contributed by atoms with van der Waals surface area (Å²) in [6.07, 6.45) is 2.13. The summed E-state index contributed by atoms with van der Waals surface area (Å²) in [4.78, 5) is 22.3. The van der Waals surface area contributed by atoms with Crippen LogP contribution in [-0.2, 0) is 4.79 Å². The fourth-order valence-corrected chi connectivity index (χ4v) is 1.66.